The average molecular weight is 239 g/mol. The van der Waals surface area contributed by atoms with Crippen molar-refractivity contribution in [3.05, 3.63) is 54.1 Å². The normalized spacial score (nSPS) is 10.1. The van der Waals surface area contributed by atoms with Crippen molar-refractivity contribution in [2.45, 2.75) is 20.3 Å². The van der Waals surface area contributed by atoms with Crippen LogP contribution in [0, 0.1) is 0 Å². The maximum Gasteiger partial charge on any atom is 0.221 e. The number of carbonyl (C=O) groups is 1. The van der Waals surface area contributed by atoms with Gasteiger partial charge in [0.2, 0.25) is 5.91 Å². The van der Waals surface area contributed by atoms with Gasteiger partial charge in [-0.2, -0.15) is 0 Å². The largest absolute Gasteiger partial charge is 0.326 e. The molecule has 0 fully saturated rings. The van der Waals surface area contributed by atoms with E-state index in [-0.39, 0.29) is 5.91 Å². The Morgan fingerprint density at radius 1 is 1.06 bits per heavy atom. The summed E-state index contributed by atoms with van der Waals surface area (Å²) in [6.45, 7) is 3.66. The molecule has 0 aliphatic rings. The van der Waals surface area contributed by atoms with E-state index >= 15 is 0 Å². The number of amides is 1. The Kier molecular flexibility index (Phi) is 3.78. The zero-order valence-corrected chi connectivity index (χ0v) is 10.7. The Hall–Kier alpha value is -2.09. The third kappa shape index (κ3) is 2.98. The molecule has 0 unspecified atom stereocenters. The van der Waals surface area contributed by atoms with Gasteiger partial charge in [-0.15, -0.1) is 0 Å². The maximum absolute atomic E-state index is 10.9. The number of hydrogen-bond acceptors (Lipinski definition) is 1. The minimum atomic E-state index is -0.0456. The molecule has 92 valence electrons. The first-order valence-corrected chi connectivity index (χ1v) is 6.16. The molecule has 2 aromatic rings. The van der Waals surface area contributed by atoms with E-state index in [1.807, 2.05) is 24.3 Å². The van der Waals surface area contributed by atoms with Gasteiger partial charge in [-0.3, -0.25) is 4.79 Å². The van der Waals surface area contributed by atoms with Crippen LogP contribution in [0.4, 0.5) is 5.69 Å². The van der Waals surface area contributed by atoms with Crippen molar-refractivity contribution >= 4 is 11.6 Å². The topological polar surface area (TPSA) is 29.1 Å². The molecule has 0 radical (unpaired) electrons. The van der Waals surface area contributed by atoms with Crippen LogP contribution >= 0.6 is 0 Å². The molecule has 2 heteroatoms. The van der Waals surface area contributed by atoms with Crippen LogP contribution in [0.1, 0.15) is 19.4 Å². The average Bonchev–Trinajstić information content (AvgIpc) is 2.39. The summed E-state index contributed by atoms with van der Waals surface area (Å²) < 4.78 is 0. The molecule has 0 aliphatic carbocycles. The van der Waals surface area contributed by atoms with E-state index in [0.717, 1.165) is 12.1 Å². The fourth-order valence-corrected chi connectivity index (χ4v) is 1.92. The Bertz CT molecular complexity index is 543. The Morgan fingerprint density at radius 3 is 2.39 bits per heavy atom. The molecule has 0 saturated carbocycles. The standard InChI is InChI=1S/C16H17NO/c1-3-13-5-4-6-15(11-13)14-7-9-16(10-8-14)17-12(2)18/h4-11H,3H2,1-2H3,(H,17,18). The number of rotatable bonds is 3. The lowest BCUT2D eigenvalue weighted by Gasteiger charge is -2.06. The summed E-state index contributed by atoms with van der Waals surface area (Å²) in [7, 11) is 0. The van der Waals surface area contributed by atoms with Crippen molar-refractivity contribution in [1.82, 2.24) is 0 Å². The van der Waals surface area contributed by atoms with Gasteiger partial charge in [0.25, 0.3) is 0 Å². The lowest BCUT2D eigenvalue weighted by Crippen LogP contribution is -2.05. The van der Waals surface area contributed by atoms with E-state index in [1.165, 1.54) is 23.6 Å². The number of nitrogens with one attached hydrogen (secondary N) is 1. The highest BCUT2D eigenvalue weighted by molar-refractivity contribution is 5.89. The first-order valence-electron chi connectivity index (χ1n) is 6.16. The second kappa shape index (κ2) is 5.50. The molecule has 1 N–H and O–H groups in total. The third-order valence-electron chi connectivity index (χ3n) is 2.87. The fraction of sp³-hybridized carbons (Fsp3) is 0.188. The van der Waals surface area contributed by atoms with Crippen LogP contribution in [0.15, 0.2) is 48.5 Å². The molecule has 18 heavy (non-hydrogen) atoms. The predicted molar refractivity (Wildman–Crippen MR) is 75.6 cm³/mol. The second-order valence-electron chi connectivity index (χ2n) is 4.31. The SMILES string of the molecule is CCc1cccc(-c2ccc(NC(C)=O)cc2)c1. The third-order valence-corrected chi connectivity index (χ3v) is 2.87. The summed E-state index contributed by atoms with van der Waals surface area (Å²) in [6, 6.07) is 16.4. The van der Waals surface area contributed by atoms with Gasteiger partial charge in [-0.05, 0) is 35.2 Å². The molecule has 2 aromatic carbocycles. The quantitative estimate of drug-likeness (QED) is 0.865. The summed E-state index contributed by atoms with van der Waals surface area (Å²) in [5.74, 6) is -0.0456. The Labute approximate surface area is 108 Å². The van der Waals surface area contributed by atoms with Crippen LogP contribution in [0.2, 0.25) is 0 Å². The molecule has 2 nitrogen and oxygen atoms in total. The van der Waals surface area contributed by atoms with E-state index in [4.69, 9.17) is 0 Å². The number of benzene rings is 2. The van der Waals surface area contributed by atoms with Gasteiger partial charge in [-0.1, -0.05) is 43.3 Å². The van der Waals surface area contributed by atoms with Crippen LogP contribution in [0.3, 0.4) is 0 Å². The molecule has 0 bridgehead atoms. The molecule has 0 spiro atoms. The van der Waals surface area contributed by atoms with Crippen LogP contribution in [0.25, 0.3) is 11.1 Å². The summed E-state index contributed by atoms with van der Waals surface area (Å²) in [4.78, 5) is 10.9. The zero-order valence-electron chi connectivity index (χ0n) is 10.7. The minimum Gasteiger partial charge on any atom is -0.326 e. The van der Waals surface area contributed by atoms with Gasteiger partial charge >= 0.3 is 0 Å². The van der Waals surface area contributed by atoms with E-state index in [1.54, 1.807) is 0 Å². The van der Waals surface area contributed by atoms with Crippen molar-refractivity contribution in [3.8, 4) is 11.1 Å². The van der Waals surface area contributed by atoms with Crippen molar-refractivity contribution in [2.75, 3.05) is 5.32 Å². The summed E-state index contributed by atoms with van der Waals surface area (Å²) in [6.07, 6.45) is 1.04. The summed E-state index contributed by atoms with van der Waals surface area (Å²) in [5.41, 5.74) is 4.54. The second-order valence-corrected chi connectivity index (χ2v) is 4.31. The smallest absolute Gasteiger partial charge is 0.221 e. The summed E-state index contributed by atoms with van der Waals surface area (Å²) >= 11 is 0. The molecule has 0 atom stereocenters. The van der Waals surface area contributed by atoms with Gasteiger partial charge in [0.05, 0.1) is 0 Å². The number of carbonyl (C=O) groups excluding carboxylic acids is 1. The van der Waals surface area contributed by atoms with Gasteiger partial charge in [0.15, 0.2) is 0 Å². The van der Waals surface area contributed by atoms with Crippen molar-refractivity contribution in [1.29, 1.82) is 0 Å². The van der Waals surface area contributed by atoms with E-state index in [9.17, 15) is 4.79 Å². The molecule has 2 rings (SSSR count). The Balaban J connectivity index is 2.25. The molecule has 0 aromatic heterocycles. The number of anilines is 1. The van der Waals surface area contributed by atoms with E-state index in [0.29, 0.717) is 0 Å². The van der Waals surface area contributed by atoms with Gasteiger partial charge in [0.1, 0.15) is 0 Å². The van der Waals surface area contributed by atoms with Crippen molar-refractivity contribution in [2.24, 2.45) is 0 Å². The monoisotopic (exact) mass is 239 g/mol. The first kappa shape index (κ1) is 12.4. The molecule has 0 aliphatic heterocycles. The zero-order chi connectivity index (χ0) is 13.0. The minimum absolute atomic E-state index is 0.0456. The molecule has 0 heterocycles. The highest BCUT2D eigenvalue weighted by Crippen LogP contribution is 2.22. The lowest BCUT2D eigenvalue weighted by atomic mass is 10.0. The molecule has 1 amide bonds. The highest BCUT2D eigenvalue weighted by Gasteiger charge is 2.00. The highest BCUT2D eigenvalue weighted by atomic mass is 16.1. The van der Waals surface area contributed by atoms with Crippen molar-refractivity contribution in [3.63, 3.8) is 0 Å². The van der Waals surface area contributed by atoms with Crippen molar-refractivity contribution < 1.29 is 4.79 Å². The fourth-order valence-electron chi connectivity index (χ4n) is 1.92. The molecule has 0 saturated heterocycles. The van der Waals surface area contributed by atoms with Crippen LogP contribution in [-0.4, -0.2) is 5.91 Å². The van der Waals surface area contributed by atoms with Gasteiger partial charge in [0, 0.05) is 12.6 Å². The van der Waals surface area contributed by atoms with Crippen LogP contribution < -0.4 is 5.32 Å². The van der Waals surface area contributed by atoms with Gasteiger partial charge in [-0.25, -0.2) is 0 Å². The van der Waals surface area contributed by atoms with E-state index < -0.39 is 0 Å². The first-order chi connectivity index (χ1) is 8.69. The molecular formula is C16H17NO. The lowest BCUT2D eigenvalue weighted by molar-refractivity contribution is -0.114. The predicted octanol–water partition coefficient (Wildman–Crippen LogP) is 3.87. The molecular weight excluding hydrogens is 222 g/mol. The van der Waals surface area contributed by atoms with Crippen LogP contribution in [0.5, 0.6) is 0 Å². The maximum atomic E-state index is 10.9. The van der Waals surface area contributed by atoms with Gasteiger partial charge < -0.3 is 5.32 Å². The number of aryl methyl sites for hydroxylation is 1. The summed E-state index contributed by atoms with van der Waals surface area (Å²) in [5, 5.41) is 2.77. The van der Waals surface area contributed by atoms with Crippen LogP contribution in [-0.2, 0) is 11.2 Å². The van der Waals surface area contributed by atoms with E-state index in [2.05, 4.69) is 36.5 Å². The number of hydrogen-bond donors (Lipinski definition) is 1. The Morgan fingerprint density at radius 2 is 1.78 bits per heavy atom.